The lowest BCUT2D eigenvalue weighted by Crippen LogP contribution is -2.37. The molecule has 1 aromatic rings. The molecule has 7 heteroatoms. The maximum absolute atomic E-state index is 14.7. The second kappa shape index (κ2) is 12.0. The van der Waals surface area contributed by atoms with Crippen LogP contribution in [0.25, 0.3) is 0 Å². The van der Waals surface area contributed by atoms with Crippen LogP contribution in [-0.4, -0.2) is 17.3 Å². The smallest absolute Gasteiger partial charge is 0.364 e. The zero-order valence-electron chi connectivity index (χ0n) is 21.5. The molecular weight excluding hydrogens is 490 g/mol. The Bertz CT molecular complexity index is 823. The van der Waals surface area contributed by atoms with Crippen molar-refractivity contribution in [1.29, 1.82) is 0 Å². The van der Waals surface area contributed by atoms with Gasteiger partial charge in [-0.25, -0.2) is 0 Å². The maximum Gasteiger partial charge on any atom is 0.364 e. The van der Waals surface area contributed by atoms with E-state index in [9.17, 15) is 9.67 Å². The van der Waals surface area contributed by atoms with E-state index in [0.717, 1.165) is 38.5 Å². The Kier molecular flexibility index (Phi) is 10.0. The maximum atomic E-state index is 14.7. The first kappa shape index (κ1) is 28.5. The van der Waals surface area contributed by atoms with Crippen molar-refractivity contribution in [3.8, 4) is 0 Å². The zero-order valence-corrected chi connectivity index (χ0v) is 24.0. The lowest BCUT2D eigenvalue weighted by molar-refractivity contribution is -0.0153. The van der Waals surface area contributed by atoms with Crippen molar-refractivity contribution in [1.82, 2.24) is 0 Å². The second-order valence-electron chi connectivity index (χ2n) is 11.5. The predicted molar refractivity (Wildman–Crippen MR) is 141 cm³/mol. The van der Waals surface area contributed by atoms with E-state index in [1.54, 1.807) is 18.2 Å². The quantitative estimate of drug-likeness (QED) is 0.339. The third-order valence-electron chi connectivity index (χ3n) is 8.03. The van der Waals surface area contributed by atoms with Gasteiger partial charge in [0.25, 0.3) is 0 Å². The van der Waals surface area contributed by atoms with Crippen LogP contribution < -0.4 is 0 Å². The van der Waals surface area contributed by atoms with Crippen molar-refractivity contribution < 1.29 is 18.7 Å². The molecule has 2 aliphatic rings. The molecule has 0 saturated heterocycles. The summed E-state index contributed by atoms with van der Waals surface area (Å²) in [4.78, 5) is 0. The summed E-state index contributed by atoms with van der Waals surface area (Å²) in [5.74, 6) is 0.804. The van der Waals surface area contributed by atoms with Crippen molar-refractivity contribution in [2.75, 3.05) is 0 Å². The van der Waals surface area contributed by atoms with Crippen molar-refractivity contribution >= 4 is 30.8 Å². The van der Waals surface area contributed by atoms with Crippen molar-refractivity contribution in [2.45, 2.75) is 98.1 Å². The Labute approximate surface area is 216 Å². The average molecular weight is 534 g/mol. The topological polar surface area (TPSA) is 55.8 Å². The Hall–Kier alpha value is -0.0900. The first-order valence-electron chi connectivity index (χ1n) is 13.0. The molecule has 194 valence electrons. The van der Waals surface area contributed by atoms with Gasteiger partial charge in [0.2, 0.25) is 0 Å². The Morgan fingerprint density at radius 3 is 1.76 bits per heavy atom. The van der Waals surface area contributed by atoms with Gasteiger partial charge in [0, 0.05) is 15.6 Å². The van der Waals surface area contributed by atoms with Crippen LogP contribution >= 0.6 is 30.8 Å². The second-order valence-corrected chi connectivity index (χ2v) is 14.4. The molecule has 1 unspecified atom stereocenters. The lowest BCUT2D eigenvalue weighted by atomic mass is 9.75. The van der Waals surface area contributed by atoms with Crippen molar-refractivity contribution in [3.63, 3.8) is 0 Å². The Morgan fingerprint density at radius 2 is 1.35 bits per heavy atom. The number of halogens is 2. The van der Waals surface area contributed by atoms with Gasteiger partial charge in [-0.2, -0.15) is 0 Å². The van der Waals surface area contributed by atoms with E-state index in [-0.39, 0.29) is 29.1 Å². The van der Waals surface area contributed by atoms with Gasteiger partial charge in [0.15, 0.2) is 5.85 Å². The number of benzene rings is 1. The molecule has 2 saturated carbocycles. The van der Waals surface area contributed by atoms with Crippen LogP contribution in [0.4, 0.5) is 0 Å². The minimum Gasteiger partial charge on any atom is -0.376 e. The average Bonchev–Trinajstić information content (AvgIpc) is 2.73. The number of aliphatic hydroxyl groups is 1. The van der Waals surface area contributed by atoms with Crippen LogP contribution in [0.1, 0.15) is 91.5 Å². The molecule has 1 N–H and O–H groups in total. The molecule has 1 aromatic carbocycles. The standard InChI is InChI=1S/C27H43Cl2O4P/c1-16(2)21-10-7-18(5)13-25(21)32-34(31,27(30)23-12-9-20(28)15-24(23)29)33-26-14-19(6)8-11-22(26)17(3)4/h9,12,15-19,21-22,25-27,30H,7-8,10-11,13-14H2,1-6H3/t18-,19-,21-,22+,25+,26+,27-,34?/m0/s1. The minimum absolute atomic E-state index is 0.228. The monoisotopic (exact) mass is 532 g/mol. The van der Waals surface area contributed by atoms with Crippen LogP contribution in [-0.2, 0) is 13.6 Å². The molecule has 4 nitrogen and oxygen atoms in total. The molecule has 3 rings (SSSR count). The summed E-state index contributed by atoms with van der Waals surface area (Å²) in [6.45, 7) is 13.2. The molecule has 0 heterocycles. The summed E-state index contributed by atoms with van der Waals surface area (Å²) in [5, 5.41) is 12.2. The highest BCUT2D eigenvalue weighted by molar-refractivity contribution is 7.54. The molecule has 0 aromatic heterocycles. The highest BCUT2D eigenvalue weighted by Crippen LogP contribution is 2.65. The number of rotatable bonds is 8. The largest absolute Gasteiger partial charge is 0.376 e. The van der Waals surface area contributed by atoms with E-state index in [4.69, 9.17) is 32.2 Å². The molecule has 2 aliphatic carbocycles. The first-order valence-corrected chi connectivity index (χ1v) is 15.4. The minimum atomic E-state index is -3.99. The number of hydrogen-bond donors (Lipinski definition) is 1. The van der Waals surface area contributed by atoms with E-state index >= 15 is 0 Å². The van der Waals surface area contributed by atoms with Gasteiger partial charge >= 0.3 is 7.60 Å². The van der Waals surface area contributed by atoms with E-state index in [2.05, 4.69) is 41.5 Å². The number of hydrogen-bond acceptors (Lipinski definition) is 4. The van der Waals surface area contributed by atoms with Crippen LogP contribution in [0.2, 0.25) is 10.0 Å². The molecular formula is C27H43Cl2O4P. The molecule has 0 bridgehead atoms. The molecule has 34 heavy (non-hydrogen) atoms. The molecule has 0 radical (unpaired) electrons. The van der Waals surface area contributed by atoms with E-state index in [0.29, 0.717) is 34.3 Å². The zero-order chi connectivity index (χ0) is 25.2. The van der Waals surface area contributed by atoms with E-state index < -0.39 is 13.4 Å². The normalized spacial score (nSPS) is 33.1. The molecule has 0 spiro atoms. The van der Waals surface area contributed by atoms with E-state index in [1.807, 2.05) is 0 Å². The summed E-state index contributed by atoms with van der Waals surface area (Å²) in [5.41, 5.74) is 0.337. The van der Waals surface area contributed by atoms with Crippen LogP contribution in [0.15, 0.2) is 18.2 Å². The van der Waals surface area contributed by atoms with Crippen LogP contribution in [0, 0.1) is 35.5 Å². The fourth-order valence-corrected chi connectivity index (χ4v) is 8.54. The summed E-state index contributed by atoms with van der Waals surface area (Å²) in [6, 6.07) is 4.84. The molecule has 2 fully saturated rings. The summed E-state index contributed by atoms with van der Waals surface area (Å²) in [6.07, 6.45) is 5.48. The number of aliphatic hydroxyl groups excluding tert-OH is 1. The fourth-order valence-electron chi connectivity index (χ4n) is 5.87. The van der Waals surface area contributed by atoms with Crippen molar-refractivity contribution in [3.05, 3.63) is 33.8 Å². The molecule has 0 aliphatic heterocycles. The summed E-state index contributed by atoms with van der Waals surface area (Å²) < 4.78 is 27.6. The summed E-state index contributed by atoms with van der Waals surface area (Å²) >= 11 is 12.5. The third kappa shape index (κ3) is 6.81. The van der Waals surface area contributed by atoms with Gasteiger partial charge in [-0.05, 0) is 73.3 Å². The van der Waals surface area contributed by atoms with Gasteiger partial charge in [-0.3, -0.25) is 4.57 Å². The fraction of sp³-hybridized carbons (Fsp3) is 0.778. The van der Waals surface area contributed by atoms with E-state index in [1.165, 1.54) is 0 Å². The summed E-state index contributed by atoms with van der Waals surface area (Å²) in [7, 11) is -3.99. The highest BCUT2D eigenvalue weighted by atomic mass is 35.5. The lowest BCUT2D eigenvalue weighted by Gasteiger charge is -2.42. The SMILES string of the molecule is CC(C)[C@H]1CC[C@H](C)C[C@H]1OP(=O)(O[C@@H]1C[C@@H](C)CC[C@H]1C(C)C)[C@H](O)c1ccc(Cl)cc1Cl. The van der Waals surface area contributed by atoms with Gasteiger partial charge in [0.05, 0.1) is 12.2 Å². The van der Waals surface area contributed by atoms with Crippen molar-refractivity contribution in [2.24, 2.45) is 35.5 Å². The first-order chi connectivity index (χ1) is 15.9. The van der Waals surface area contributed by atoms with Gasteiger partial charge in [0.1, 0.15) is 0 Å². The van der Waals surface area contributed by atoms with Gasteiger partial charge < -0.3 is 14.2 Å². The van der Waals surface area contributed by atoms with Gasteiger partial charge in [-0.1, -0.05) is 83.7 Å². The van der Waals surface area contributed by atoms with Gasteiger partial charge in [-0.15, -0.1) is 0 Å². The van der Waals surface area contributed by atoms with Crippen LogP contribution in [0.5, 0.6) is 0 Å². The molecule has 0 amide bonds. The predicted octanol–water partition coefficient (Wildman–Crippen LogP) is 9.13. The Balaban J connectivity index is 1.98. The van der Waals surface area contributed by atoms with Crippen LogP contribution in [0.3, 0.4) is 0 Å². The Morgan fingerprint density at radius 1 is 0.882 bits per heavy atom. The molecule has 8 atom stereocenters. The third-order valence-corrected chi connectivity index (χ3v) is 10.6. The highest BCUT2D eigenvalue weighted by Gasteiger charge is 2.46.